The molecule has 2 N–H and O–H groups in total. The third-order valence-electron chi connectivity index (χ3n) is 5.52. The molecule has 1 aliphatic rings. The Morgan fingerprint density at radius 3 is 1.90 bits per heavy atom. The van der Waals surface area contributed by atoms with Crippen LogP contribution in [0.3, 0.4) is 0 Å². The molecule has 2 unspecified atom stereocenters. The van der Waals surface area contributed by atoms with Crippen LogP contribution in [0.4, 0.5) is 0 Å². The molecular weight excluding hydrogens is 380 g/mol. The summed E-state index contributed by atoms with van der Waals surface area (Å²) in [4.78, 5) is 4.52. The second-order valence-corrected chi connectivity index (χ2v) is 8.03. The number of aliphatic hydroxyl groups excluding tert-OH is 2. The zero-order valence-electron chi connectivity index (χ0n) is 17.8. The predicted molar refractivity (Wildman–Crippen MR) is 118 cm³/mol. The van der Waals surface area contributed by atoms with Crippen molar-refractivity contribution in [3.8, 4) is 11.5 Å². The van der Waals surface area contributed by atoms with E-state index < -0.39 is 12.2 Å². The van der Waals surface area contributed by atoms with Gasteiger partial charge in [-0.25, -0.2) is 0 Å². The molecule has 1 heterocycles. The van der Waals surface area contributed by atoms with Gasteiger partial charge < -0.3 is 29.5 Å². The van der Waals surface area contributed by atoms with Gasteiger partial charge in [0.2, 0.25) is 0 Å². The molecule has 1 saturated heterocycles. The minimum Gasteiger partial charge on any atom is -0.491 e. The van der Waals surface area contributed by atoms with Crippen LogP contribution in [0.2, 0.25) is 0 Å². The number of piperidine rings is 1. The Hall–Kier alpha value is -2.12. The van der Waals surface area contributed by atoms with Crippen LogP contribution < -0.4 is 9.47 Å². The van der Waals surface area contributed by atoms with Gasteiger partial charge in [-0.15, -0.1) is 0 Å². The standard InChI is InChI=1S/C24H34N2O4/c1-25(16-21(27)18-29-23-8-4-2-5-9-23)20-12-14-26(15-13-20)17-22(28)19-30-24-10-6-3-7-11-24/h2-11,20-22,27-28H,12-19H2,1H3. The van der Waals surface area contributed by atoms with E-state index in [4.69, 9.17) is 9.47 Å². The number of hydrogen-bond donors (Lipinski definition) is 2. The van der Waals surface area contributed by atoms with E-state index in [0.29, 0.717) is 32.3 Å². The topological polar surface area (TPSA) is 65.4 Å². The number of β-amino-alcohol motifs (C(OH)–C–C–N with tert-alkyl or cyclic N) is 1. The van der Waals surface area contributed by atoms with Gasteiger partial charge in [0.15, 0.2) is 0 Å². The van der Waals surface area contributed by atoms with Crippen molar-refractivity contribution in [2.45, 2.75) is 31.1 Å². The maximum Gasteiger partial charge on any atom is 0.119 e. The molecule has 2 atom stereocenters. The predicted octanol–water partition coefficient (Wildman–Crippen LogP) is 2.26. The lowest BCUT2D eigenvalue weighted by molar-refractivity contribution is 0.0300. The van der Waals surface area contributed by atoms with Gasteiger partial charge in [0.05, 0.1) is 0 Å². The first-order chi connectivity index (χ1) is 14.6. The van der Waals surface area contributed by atoms with E-state index in [1.165, 1.54) is 0 Å². The fourth-order valence-electron chi connectivity index (χ4n) is 3.85. The SMILES string of the molecule is CN(CC(O)COc1ccccc1)C1CCN(CC(O)COc2ccccc2)CC1. The molecule has 30 heavy (non-hydrogen) atoms. The summed E-state index contributed by atoms with van der Waals surface area (Å²) in [5.41, 5.74) is 0. The van der Waals surface area contributed by atoms with Gasteiger partial charge in [-0.05, 0) is 57.2 Å². The van der Waals surface area contributed by atoms with Crippen LogP contribution >= 0.6 is 0 Å². The van der Waals surface area contributed by atoms with Crippen LogP contribution in [0.5, 0.6) is 11.5 Å². The number of rotatable bonds is 11. The summed E-state index contributed by atoms with van der Waals surface area (Å²) in [6.45, 7) is 3.68. The van der Waals surface area contributed by atoms with E-state index in [1.54, 1.807) is 0 Å². The normalized spacial score (nSPS) is 17.6. The molecule has 3 rings (SSSR count). The van der Waals surface area contributed by atoms with E-state index in [9.17, 15) is 10.2 Å². The Balaban J connectivity index is 1.31. The summed E-state index contributed by atoms with van der Waals surface area (Å²) in [6, 6.07) is 19.6. The van der Waals surface area contributed by atoms with Crippen molar-refractivity contribution in [2.24, 2.45) is 0 Å². The van der Waals surface area contributed by atoms with Gasteiger partial charge in [0.25, 0.3) is 0 Å². The molecule has 6 heteroatoms. The van der Waals surface area contributed by atoms with Gasteiger partial charge in [0, 0.05) is 19.1 Å². The molecule has 0 saturated carbocycles. The summed E-state index contributed by atoms with van der Waals surface area (Å²) in [7, 11) is 2.06. The van der Waals surface area contributed by atoms with Gasteiger partial charge in [0.1, 0.15) is 36.9 Å². The number of aliphatic hydroxyl groups is 2. The Kier molecular flexibility index (Phi) is 8.96. The highest BCUT2D eigenvalue weighted by molar-refractivity contribution is 5.21. The van der Waals surface area contributed by atoms with Crippen LogP contribution in [0.25, 0.3) is 0 Å². The number of para-hydroxylation sites is 2. The molecule has 2 aromatic carbocycles. The zero-order valence-corrected chi connectivity index (χ0v) is 17.8. The van der Waals surface area contributed by atoms with E-state index in [-0.39, 0.29) is 0 Å². The third kappa shape index (κ3) is 7.61. The summed E-state index contributed by atoms with van der Waals surface area (Å²) in [5.74, 6) is 1.56. The van der Waals surface area contributed by atoms with E-state index in [0.717, 1.165) is 37.4 Å². The number of benzene rings is 2. The highest BCUT2D eigenvalue weighted by Gasteiger charge is 2.25. The van der Waals surface area contributed by atoms with E-state index >= 15 is 0 Å². The second kappa shape index (κ2) is 11.9. The first-order valence-electron chi connectivity index (χ1n) is 10.7. The Bertz CT molecular complexity index is 708. The van der Waals surface area contributed by atoms with Gasteiger partial charge in [-0.3, -0.25) is 0 Å². The van der Waals surface area contributed by atoms with Crippen molar-refractivity contribution in [1.29, 1.82) is 0 Å². The minimum absolute atomic E-state index is 0.292. The lowest BCUT2D eigenvalue weighted by Gasteiger charge is -2.38. The van der Waals surface area contributed by atoms with E-state index in [1.807, 2.05) is 60.7 Å². The van der Waals surface area contributed by atoms with Crippen LogP contribution in [0.1, 0.15) is 12.8 Å². The Morgan fingerprint density at radius 2 is 1.37 bits per heavy atom. The zero-order chi connectivity index (χ0) is 21.2. The molecule has 1 fully saturated rings. The third-order valence-corrected chi connectivity index (χ3v) is 5.52. The van der Waals surface area contributed by atoms with Gasteiger partial charge in [-0.2, -0.15) is 0 Å². The number of likely N-dealkylation sites (N-methyl/N-ethyl adjacent to an activating group) is 1. The van der Waals surface area contributed by atoms with Crippen molar-refractivity contribution in [3.63, 3.8) is 0 Å². The van der Waals surface area contributed by atoms with Crippen LogP contribution in [0, 0.1) is 0 Å². The molecule has 0 radical (unpaired) electrons. The average Bonchev–Trinajstić information content (AvgIpc) is 2.78. The van der Waals surface area contributed by atoms with Crippen LogP contribution in [-0.2, 0) is 0 Å². The quantitative estimate of drug-likeness (QED) is 0.588. The number of nitrogens with zero attached hydrogens (tertiary/aromatic N) is 2. The smallest absolute Gasteiger partial charge is 0.119 e. The van der Waals surface area contributed by atoms with Crippen molar-refractivity contribution >= 4 is 0 Å². The molecule has 164 valence electrons. The molecule has 0 bridgehead atoms. The lowest BCUT2D eigenvalue weighted by Crippen LogP contribution is -2.48. The second-order valence-electron chi connectivity index (χ2n) is 8.03. The lowest BCUT2D eigenvalue weighted by atomic mass is 10.0. The molecule has 1 aliphatic heterocycles. The monoisotopic (exact) mass is 414 g/mol. The van der Waals surface area contributed by atoms with Gasteiger partial charge >= 0.3 is 0 Å². The summed E-state index contributed by atoms with van der Waals surface area (Å²) in [5, 5.41) is 20.6. The number of likely N-dealkylation sites (tertiary alicyclic amines) is 1. The van der Waals surface area contributed by atoms with Crippen LogP contribution in [0.15, 0.2) is 60.7 Å². The molecule has 2 aromatic rings. The number of hydrogen-bond acceptors (Lipinski definition) is 6. The maximum atomic E-state index is 10.3. The molecule has 0 aromatic heterocycles. The summed E-state index contributed by atoms with van der Waals surface area (Å²) >= 11 is 0. The van der Waals surface area contributed by atoms with Crippen molar-refractivity contribution in [2.75, 3.05) is 46.4 Å². The molecular formula is C24H34N2O4. The minimum atomic E-state index is -0.523. The fourth-order valence-corrected chi connectivity index (χ4v) is 3.85. The average molecular weight is 415 g/mol. The number of ether oxygens (including phenoxy) is 2. The van der Waals surface area contributed by atoms with Crippen molar-refractivity contribution in [1.82, 2.24) is 9.80 Å². The molecule has 0 spiro atoms. The van der Waals surface area contributed by atoms with Crippen LogP contribution in [-0.4, -0.2) is 84.7 Å². The summed E-state index contributed by atoms with van der Waals surface area (Å²) < 4.78 is 11.3. The Morgan fingerprint density at radius 1 is 0.867 bits per heavy atom. The largest absolute Gasteiger partial charge is 0.491 e. The first kappa shape index (κ1) is 22.6. The van der Waals surface area contributed by atoms with E-state index in [2.05, 4.69) is 16.8 Å². The summed E-state index contributed by atoms with van der Waals surface area (Å²) in [6.07, 6.45) is 1.02. The molecule has 6 nitrogen and oxygen atoms in total. The molecule has 0 amide bonds. The maximum absolute atomic E-state index is 10.3. The highest BCUT2D eigenvalue weighted by atomic mass is 16.5. The molecule has 0 aliphatic carbocycles. The van der Waals surface area contributed by atoms with Crippen molar-refractivity contribution < 1.29 is 19.7 Å². The Labute approximate surface area is 179 Å². The fraction of sp³-hybridized carbons (Fsp3) is 0.500. The van der Waals surface area contributed by atoms with Crippen molar-refractivity contribution in [3.05, 3.63) is 60.7 Å². The van der Waals surface area contributed by atoms with Gasteiger partial charge in [-0.1, -0.05) is 36.4 Å². The highest BCUT2D eigenvalue weighted by Crippen LogP contribution is 2.17. The first-order valence-corrected chi connectivity index (χ1v) is 10.7.